The number of carbonyl (C=O) groups excluding carboxylic acids is 1. The van der Waals surface area contributed by atoms with Crippen LogP contribution in [0.2, 0.25) is 0 Å². The van der Waals surface area contributed by atoms with Gasteiger partial charge in [-0.15, -0.1) is 0 Å². The maximum Gasteiger partial charge on any atom is 0.295 e. The average Bonchev–Trinajstić information content (AvgIpc) is 2.90. The SMILES string of the molecule is Cc1cc(C)c([N+](=O)[O-])cc1C(=O)Nc1cccc(CS(=O)(=O)Nc2ccc(S(=O)(=O)O)c3cc(S(=O)(=O)O)cc(S(=O)(=O)O)c23)c1. The Balaban J connectivity index is 1.74. The molecule has 0 spiro atoms. The van der Waals surface area contributed by atoms with E-state index in [2.05, 4.69) is 5.32 Å². The summed E-state index contributed by atoms with van der Waals surface area (Å²) >= 11 is 0. The highest BCUT2D eigenvalue weighted by molar-refractivity contribution is 7.92. The molecule has 4 rings (SSSR count). The van der Waals surface area contributed by atoms with Crippen molar-refractivity contribution in [2.45, 2.75) is 34.3 Å². The maximum absolute atomic E-state index is 13.2. The number of nitro groups is 1. The number of rotatable bonds is 10. The van der Waals surface area contributed by atoms with Gasteiger partial charge < -0.3 is 5.32 Å². The molecule has 5 N–H and O–H groups in total. The minimum atomic E-state index is -5.43. The highest BCUT2D eigenvalue weighted by Crippen LogP contribution is 2.37. The van der Waals surface area contributed by atoms with E-state index >= 15 is 0 Å². The monoisotopic (exact) mass is 729 g/mol. The molecule has 0 bridgehead atoms. The van der Waals surface area contributed by atoms with Crippen LogP contribution in [-0.4, -0.2) is 58.2 Å². The molecule has 0 saturated heterocycles. The van der Waals surface area contributed by atoms with Crippen molar-refractivity contribution < 1.29 is 57.0 Å². The Morgan fingerprint density at radius 2 is 1.43 bits per heavy atom. The Kier molecular flexibility index (Phi) is 9.22. The van der Waals surface area contributed by atoms with Crippen LogP contribution in [0.25, 0.3) is 10.8 Å². The molecule has 0 unspecified atom stereocenters. The number of sulfonamides is 1. The Morgan fingerprint density at radius 1 is 0.787 bits per heavy atom. The number of fused-ring (bicyclic) bond motifs is 1. The largest absolute Gasteiger partial charge is 0.322 e. The lowest BCUT2D eigenvalue weighted by molar-refractivity contribution is -0.385. The predicted molar refractivity (Wildman–Crippen MR) is 167 cm³/mol. The second-order valence-electron chi connectivity index (χ2n) is 10.1. The van der Waals surface area contributed by atoms with Crippen LogP contribution in [0.5, 0.6) is 0 Å². The molecule has 0 aliphatic rings. The van der Waals surface area contributed by atoms with Crippen molar-refractivity contribution in [3.63, 3.8) is 0 Å². The van der Waals surface area contributed by atoms with E-state index in [1.807, 2.05) is 4.72 Å². The van der Waals surface area contributed by atoms with Gasteiger partial charge in [0.15, 0.2) is 0 Å². The number of aryl methyl sites for hydroxylation is 2. The van der Waals surface area contributed by atoms with Gasteiger partial charge in [0.05, 0.1) is 21.3 Å². The third-order valence-electron chi connectivity index (χ3n) is 6.66. The summed E-state index contributed by atoms with van der Waals surface area (Å²) in [4.78, 5) is 20.0. The molecule has 0 saturated carbocycles. The van der Waals surface area contributed by atoms with E-state index < -0.39 is 88.1 Å². The number of anilines is 2. The van der Waals surface area contributed by atoms with Gasteiger partial charge in [0.1, 0.15) is 9.79 Å². The number of nitro benzene ring substituents is 1. The highest BCUT2D eigenvalue weighted by atomic mass is 32.2. The van der Waals surface area contributed by atoms with Gasteiger partial charge in [-0.1, -0.05) is 12.1 Å². The average molecular weight is 730 g/mol. The first-order chi connectivity index (χ1) is 21.5. The molecule has 4 aromatic rings. The van der Waals surface area contributed by atoms with Crippen LogP contribution in [-0.2, 0) is 46.1 Å². The number of nitrogens with zero attached hydrogens (tertiary/aromatic N) is 1. The van der Waals surface area contributed by atoms with Crippen LogP contribution in [0.15, 0.2) is 75.4 Å². The summed E-state index contributed by atoms with van der Waals surface area (Å²) < 4.78 is 130. The molecule has 0 aromatic heterocycles. The Labute approximate surface area is 267 Å². The molecular weight excluding hydrogens is 707 g/mol. The summed E-state index contributed by atoms with van der Waals surface area (Å²) in [6.07, 6.45) is 0. The van der Waals surface area contributed by atoms with Crippen molar-refractivity contribution in [1.82, 2.24) is 0 Å². The van der Waals surface area contributed by atoms with E-state index in [1.165, 1.54) is 37.3 Å². The summed E-state index contributed by atoms with van der Waals surface area (Å²) in [5.41, 5.74) is -0.0170. The first kappa shape index (κ1) is 35.3. The summed E-state index contributed by atoms with van der Waals surface area (Å²) in [5, 5.41) is 12.1. The fourth-order valence-electron chi connectivity index (χ4n) is 4.70. The lowest BCUT2D eigenvalue weighted by Crippen LogP contribution is -2.17. The van der Waals surface area contributed by atoms with Gasteiger partial charge in [0.25, 0.3) is 41.9 Å². The lowest BCUT2D eigenvalue weighted by atomic mass is 10.0. The van der Waals surface area contributed by atoms with E-state index in [0.29, 0.717) is 23.3 Å². The van der Waals surface area contributed by atoms with Crippen LogP contribution in [0.4, 0.5) is 17.1 Å². The molecule has 1 amide bonds. The number of benzene rings is 4. The van der Waals surface area contributed by atoms with Crippen molar-refractivity contribution in [1.29, 1.82) is 0 Å². The zero-order chi connectivity index (χ0) is 35.3. The molecule has 0 fully saturated rings. The van der Waals surface area contributed by atoms with Gasteiger partial charge in [-0.05, 0) is 67.4 Å². The number of nitrogens with one attached hydrogen (secondary N) is 2. The zero-order valence-electron chi connectivity index (χ0n) is 23.9. The molecule has 250 valence electrons. The van der Waals surface area contributed by atoms with E-state index in [4.69, 9.17) is 0 Å². The number of hydrogen-bond donors (Lipinski definition) is 5. The molecule has 0 aliphatic carbocycles. The Morgan fingerprint density at radius 3 is 2.00 bits per heavy atom. The third kappa shape index (κ3) is 7.90. The van der Waals surface area contributed by atoms with Gasteiger partial charge >= 0.3 is 0 Å². The summed E-state index contributed by atoms with van der Waals surface area (Å²) in [6, 6.07) is 10.1. The molecule has 21 heteroatoms. The second-order valence-corrected chi connectivity index (χ2v) is 16.0. The van der Waals surface area contributed by atoms with Crippen molar-refractivity contribution >= 4 is 74.1 Å². The van der Waals surface area contributed by atoms with Crippen molar-refractivity contribution in [3.05, 3.63) is 93.0 Å². The first-order valence-corrected chi connectivity index (χ1v) is 18.6. The molecule has 0 radical (unpaired) electrons. The highest BCUT2D eigenvalue weighted by Gasteiger charge is 2.28. The van der Waals surface area contributed by atoms with Gasteiger partial charge in [-0.3, -0.25) is 33.3 Å². The fourth-order valence-corrected chi connectivity index (χ4v) is 7.94. The van der Waals surface area contributed by atoms with Gasteiger partial charge in [0.2, 0.25) is 10.0 Å². The third-order valence-corrected chi connectivity index (χ3v) is 10.5. The van der Waals surface area contributed by atoms with E-state index in [9.17, 15) is 62.2 Å². The molecule has 0 aliphatic heterocycles. The minimum Gasteiger partial charge on any atom is -0.322 e. The molecule has 0 heterocycles. The van der Waals surface area contributed by atoms with Crippen LogP contribution >= 0.6 is 0 Å². The molecule has 47 heavy (non-hydrogen) atoms. The molecule has 17 nitrogen and oxygen atoms in total. The molecule has 0 atom stereocenters. The van der Waals surface area contributed by atoms with Crippen molar-refractivity contribution in [2.24, 2.45) is 0 Å². The minimum absolute atomic E-state index is 0.00555. The number of hydrogen-bond acceptors (Lipinski definition) is 11. The Bertz CT molecular complexity index is 2440. The molecular formula is C26H23N3O14S4. The van der Waals surface area contributed by atoms with Crippen molar-refractivity contribution in [2.75, 3.05) is 10.0 Å². The van der Waals surface area contributed by atoms with Crippen molar-refractivity contribution in [3.8, 4) is 0 Å². The quantitative estimate of drug-likeness (QED) is 0.0890. The Hall–Kier alpha value is -4.51. The summed E-state index contributed by atoms with van der Waals surface area (Å²) in [6.45, 7) is 3.08. The van der Waals surface area contributed by atoms with Gasteiger partial charge in [-0.25, -0.2) is 8.42 Å². The number of amides is 1. The van der Waals surface area contributed by atoms with Crippen LogP contribution < -0.4 is 10.0 Å². The number of carbonyl (C=O) groups is 1. The zero-order valence-corrected chi connectivity index (χ0v) is 27.2. The second kappa shape index (κ2) is 12.3. The van der Waals surface area contributed by atoms with E-state index in [1.54, 1.807) is 6.92 Å². The first-order valence-electron chi connectivity index (χ1n) is 12.7. The fraction of sp³-hybridized carbons (Fsp3) is 0.115. The standard InChI is InChI=1S/C26H23N3O14S4/c1-14-8-15(2)22(29(31)32)12-19(14)26(30)27-17-5-3-4-16(9-17)13-44(33,34)28-21-6-7-23(46(38,39)40)20-10-18(45(35,36)37)11-24(25(20)21)47(41,42)43/h3-12,28H,13H2,1-2H3,(H,27,30)(H,35,36,37)(H,38,39,40)(H,41,42,43). The van der Waals surface area contributed by atoms with E-state index in [0.717, 1.165) is 12.1 Å². The lowest BCUT2D eigenvalue weighted by Gasteiger charge is -2.16. The normalized spacial score (nSPS) is 12.5. The van der Waals surface area contributed by atoms with E-state index in [-0.39, 0.29) is 28.6 Å². The van der Waals surface area contributed by atoms with Crippen LogP contribution in [0.3, 0.4) is 0 Å². The summed E-state index contributed by atoms with van der Waals surface area (Å²) in [7, 11) is -20.4. The molecule has 4 aromatic carbocycles. The van der Waals surface area contributed by atoms with Crippen LogP contribution in [0, 0.1) is 24.0 Å². The van der Waals surface area contributed by atoms with Gasteiger partial charge in [-0.2, -0.15) is 25.3 Å². The maximum atomic E-state index is 13.2. The topological polar surface area (TPSA) is 282 Å². The van der Waals surface area contributed by atoms with Crippen LogP contribution in [0.1, 0.15) is 27.0 Å². The van der Waals surface area contributed by atoms with Gasteiger partial charge in [0, 0.05) is 33.7 Å². The predicted octanol–water partition coefficient (Wildman–Crippen LogP) is 3.30. The summed E-state index contributed by atoms with van der Waals surface area (Å²) in [5.74, 6) is -1.56. The smallest absolute Gasteiger partial charge is 0.295 e.